The summed E-state index contributed by atoms with van der Waals surface area (Å²) in [5.74, 6) is -0.828. The molecular weight excluding hydrogens is 308 g/mol. The Morgan fingerprint density at radius 2 is 1.62 bits per heavy atom. The van der Waals surface area contributed by atoms with Gasteiger partial charge < -0.3 is 14.9 Å². The second-order valence-corrected chi connectivity index (χ2v) is 6.25. The predicted octanol–water partition coefficient (Wildman–Crippen LogP) is 3.88. The molecule has 2 N–H and O–H groups in total. The first-order chi connectivity index (χ1) is 11.5. The van der Waals surface area contributed by atoms with Crippen LogP contribution in [-0.2, 0) is 14.3 Å². The summed E-state index contributed by atoms with van der Waals surface area (Å²) < 4.78 is 5.22. The van der Waals surface area contributed by atoms with Gasteiger partial charge in [0.15, 0.2) is 5.78 Å². The van der Waals surface area contributed by atoms with Crippen LogP contribution in [0.3, 0.4) is 0 Å². The number of hydrogen-bond acceptors (Lipinski definition) is 4. The van der Waals surface area contributed by atoms with E-state index < -0.39 is 18.2 Å². The minimum Gasteiger partial charge on any atom is -0.481 e. The van der Waals surface area contributed by atoms with Crippen LogP contribution in [0, 0.1) is 0 Å². The number of methoxy groups -OCH3 is 1. The Morgan fingerprint density at radius 1 is 1.00 bits per heavy atom. The summed E-state index contributed by atoms with van der Waals surface area (Å²) in [4.78, 5) is 22.4. The van der Waals surface area contributed by atoms with E-state index in [1.165, 1.54) is 6.08 Å². The molecule has 0 spiro atoms. The maximum absolute atomic E-state index is 12.0. The summed E-state index contributed by atoms with van der Waals surface area (Å²) >= 11 is 0. The zero-order valence-corrected chi connectivity index (χ0v) is 15.2. The lowest BCUT2D eigenvalue weighted by Gasteiger charge is -2.12. The molecule has 2 unspecified atom stereocenters. The van der Waals surface area contributed by atoms with Crippen molar-refractivity contribution in [2.45, 2.75) is 89.8 Å². The summed E-state index contributed by atoms with van der Waals surface area (Å²) in [6.45, 7) is 2.12. The molecule has 140 valence electrons. The Labute approximate surface area is 146 Å². The smallest absolute Gasteiger partial charge is 0.303 e. The van der Waals surface area contributed by atoms with E-state index in [4.69, 9.17) is 9.84 Å². The number of aliphatic hydroxyl groups excluding tert-OH is 1. The van der Waals surface area contributed by atoms with Crippen LogP contribution in [0.25, 0.3) is 0 Å². The fourth-order valence-corrected chi connectivity index (χ4v) is 2.53. The Kier molecular flexibility index (Phi) is 14.6. The summed E-state index contributed by atoms with van der Waals surface area (Å²) in [7, 11) is 1.54. The zero-order valence-electron chi connectivity index (χ0n) is 15.2. The van der Waals surface area contributed by atoms with E-state index >= 15 is 0 Å². The molecule has 0 aliphatic heterocycles. The molecule has 0 aromatic carbocycles. The molecule has 0 aromatic heterocycles. The quantitative estimate of drug-likeness (QED) is 0.328. The molecule has 0 aliphatic rings. The number of carboxylic acid groups (broad SMARTS) is 1. The van der Waals surface area contributed by atoms with Crippen molar-refractivity contribution in [2.75, 3.05) is 7.11 Å². The van der Waals surface area contributed by atoms with E-state index in [-0.39, 0.29) is 12.2 Å². The number of rotatable bonds is 16. The van der Waals surface area contributed by atoms with Crippen molar-refractivity contribution in [1.82, 2.24) is 0 Å². The van der Waals surface area contributed by atoms with Gasteiger partial charge in [-0.05, 0) is 25.3 Å². The van der Waals surface area contributed by atoms with Gasteiger partial charge in [0.05, 0.1) is 6.10 Å². The number of unbranched alkanes of at least 4 members (excludes halogenated alkanes) is 6. The SMILES string of the molecule is CCCCCC(OC)C(=O)/C=C/C(O)CCCCCCCC(=O)O. The molecule has 0 saturated carbocycles. The summed E-state index contributed by atoms with van der Waals surface area (Å²) in [6, 6.07) is 0. The van der Waals surface area contributed by atoms with Gasteiger partial charge in [-0.3, -0.25) is 9.59 Å². The Morgan fingerprint density at radius 3 is 2.25 bits per heavy atom. The van der Waals surface area contributed by atoms with E-state index in [1.54, 1.807) is 13.2 Å². The monoisotopic (exact) mass is 342 g/mol. The first-order valence-corrected chi connectivity index (χ1v) is 9.16. The zero-order chi connectivity index (χ0) is 18.2. The normalized spacial score (nSPS) is 14.0. The van der Waals surface area contributed by atoms with E-state index in [2.05, 4.69) is 6.92 Å². The van der Waals surface area contributed by atoms with Crippen molar-refractivity contribution in [3.8, 4) is 0 Å². The topological polar surface area (TPSA) is 83.8 Å². The largest absolute Gasteiger partial charge is 0.481 e. The molecule has 0 amide bonds. The van der Waals surface area contributed by atoms with Gasteiger partial charge in [-0.25, -0.2) is 0 Å². The molecule has 24 heavy (non-hydrogen) atoms. The van der Waals surface area contributed by atoms with Crippen molar-refractivity contribution in [2.24, 2.45) is 0 Å². The average Bonchev–Trinajstić information content (AvgIpc) is 2.55. The molecule has 0 radical (unpaired) electrons. The van der Waals surface area contributed by atoms with E-state index in [0.717, 1.165) is 51.4 Å². The van der Waals surface area contributed by atoms with Crippen molar-refractivity contribution in [1.29, 1.82) is 0 Å². The van der Waals surface area contributed by atoms with Crippen molar-refractivity contribution < 1.29 is 24.5 Å². The minimum absolute atomic E-state index is 0.0821. The number of aliphatic hydroxyl groups is 1. The lowest BCUT2D eigenvalue weighted by molar-refractivity contribution is -0.137. The number of hydrogen-bond donors (Lipinski definition) is 2. The number of carbonyl (C=O) groups excluding carboxylic acids is 1. The van der Waals surface area contributed by atoms with E-state index in [9.17, 15) is 14.7 Å². The fourth-order valence-electron chi connectivity index (χ4n) is 2.53. The Hall–Kier alpha value is -1.20. The Bertz CT molecular complexity index is 365. The third-order valence-corrected chi connectivity index (χ3v) is 4.04. The lowest BCUT2D eigenvalue weighted by Crippen LogP contribution is -2.21. The van der Waals surface area contributed by atoms with Gasteiger partial charge >= 0.3 is 5.97 Å². The Balaban J connectivity index is 3.83. The average molecular weight is 342 g/mol. The van der Waals surface area contributed by atoms with Crippen molar-refractivity contribution in [3.05, 3.63) is 12.2 Å². The molecule has 0 bridgehead atoms. The summed E-state index contributed by atoms with van der Waals surface area (Å²) in [5.41, 5.74) is 0. The first-order valence-electron chi connectivity index (χ1n) is 9.16. The van der Waals surface area contributed by atoms with E-state index in [1.807, 2.05) is 0 Å². The van der Waals surface area contributed by atoms with Gasteiger partial charge in [0.25, 0.3) is 0 Å². The molecule has 2 atom stereocenters. The molecule has 0 rings (SSSR count). The maximum atomic E-state index is 12.0. The third-order valence-electron chi connectivity index (χ3n) is 4.04. The molecule has 0 aromatic rings. The highest BCUT2D eigenvalue weighted by atomic mass is 16.5. The predicted molar refractivity (Wildman–Crippen MR) is 95.0 cm³/mol. The molecule has 5 heteroatoms. The molecule has 0 saturated heterocycles. The first kappa shape index (κ1) is 22.8. The fraction of sp³-hybridized carbons (Fsp3) is 0.789. The maximum Gasteiger partial charge on any atom is 0.303 e. The number of ketones is 1. The second kappa shape index (κ2) is 15.3. The number of ether oxygens (including phenoxy) is 1. The van der Waals surface area contributed by atoms with Gasteiger partial charge in [-0.1, -0.05) is 57.9 Å². The van der Waals surface area contributed by atoms with Crippen LogP contribution in [0.2, 0.25) is 0 Å². The minimum atomic E-state index is -0.746. The van der Waals surface area contributed by atoms with Crippen molar-refractivity contribution in [3.63, 3.8) is 0 Å². The third kappa shape index (κ3) is 13.3. The van der Waals surface area contributed by atoms with Gasteiger partial charge in [-0.15, -0.1) is 0 Å². The standard InChI is InChI=1S/C19H34O5/c1-3-4-8-12-18(24-2)17(21)15-14-16(20)11-9-6-5-7-10-13-19(22)23/h14-16,18,20H,3-13H2,1-2H3,(H,22,23)/b15-14+. The number of carboxylic acids is 1. The molecule has 5 nitrogen and oxygen atoms in total. The van der Waals surface area contributed by atoms with Crippen LogP contribution in [-0.4, -0.2) is 41.3 Å². The van der Waals surface area contributed by atoms with Crippen LogP contribution in [0.1, 0.15) is 77.6 Å². The number of aliphatic carboxylic acids is 1. The van der Waals surface area contributed by atoms with Gasteiger partial charge in [0.2, 0.25) is 0 Å². The molecule has 0 aliphatic carbocycles. The highest BCUT2D eigenvalue weighted by Gasteiger charge is 2.14. The molecule has 0 heterocycles. The van der Waals surface area contributed by atoms with Crippen LogP contribution < -0.4 is 0 Å². The highest BCUT2D eigenvalue weighted by Crippen LogP contribution is 2.11. The van der Waals surface area contributed by atoms with Gasteiger partial charge in [0, 0.05) is 13.5 Å². The molecular formula is C19H34O5. The number of carbonyl (C=O) groups is 2. The van der Waals surface area contributed by atoms with E-state index in [0.29, 0.717) is 12.8 Å². The van der Waals surface area contributed by atoms with Crippen LogP contribution in [0.15, 0.2) is 12.2 Å². The van der Waals surface area contributed by atoms with Gasteiger partial charge in [0.1, 0.15) is 6.10 Å². The second-order valence-electron chi connectivity index (χ2n) is 6.25. The van der Waals surface area contributed by atoms with Gasteiger partial charge in [-0.2, -0.15) is 0 Å². The van der Waals surface area contributed by atoms with Crippen LogP contribution in [0.5, 0.6) is 0 Å². The van der Waals surface area contributed by atoms with Crippen LogP contribution in [0.4, 0.5) is 0 Å². The summed E-state index contributed by atoms with van der Waals surface area (Å²) in [6.07, 6.45) is 11.2. The van der Waals surface area contributed by atoms with Crippen LogP contribution >= 0.6 is 0 Å². The van der Waals surface area contributed by atoms with Crippen molar-refractivity contribution >= 4 is 11.8 Å². The summed E-state index contributed by atoms with van der Waals surface area (Å²) in [5, 5.41) is 18.4. The highest BCUT2D eigenvalue weighted by molar-refractivity contribution is 5.93. The molecule has 0 fully saturated rings. The lowest BCUT2D eigenvalue weighted by atomic mass is 10.0.